The van der Waals surface area contributed by atoms with E-state index in [1.165, 1.54) is 35.6 Å². The molecule has 0 saturated carbocycles. The van der Waals surface area contributed by atoms with Crippen LogP contribution in [0.3, 0.4) is 0 Å². The van der Waals surface area contributed by atoms with Crippen LogP contribution in [0.2, 0.25) is 0 Å². The second-order valence-electron chi connectivity index (χ2n) is 5.53. The number of rotatable bonds is 3. The van der Waals surface area contributed by atoms with Gasteiger partial charge in [-0.05, 0) is 24.3 Å². The van der Waals surface area contributed by atoms with Crippen LogP contribution in [0, 0.1) is 11.3 Å². The monoisotopic (exact) mass is 321 g/mol. The first-order chi connectivity index (χ1) is 9.72. The van der Waals surface area contributed by atoms with E-state index in [1.807, 2.05) is 32.2 Å². The van der Waals surface area contributed by atoms with E-state index in [4.69, 9.17) is 5.26 Å². The van der Waals surface area contributed by atoms with Crippen molar-refractivity contribution in [1.29, 1.82) is 5.26 Å². The fourth-order valence-corrected chi connectivity index (χ4v) is 3.74. The van der Waals surface area contributed by atoms with Gasteiger partial charge >= 0.3 is 0 Å². The quantitative estimate of drug-likeness (QED) is 0.941. The lowest BCUT2D eigenvalue weighted by molar-refractivity contribution is 0.573. The minimum atomic E-state index is -3.68. The first-order valence-corrected chi connectivity index (χ1v) is 8.58. The summed E-state index contributed by atoms with van der Waals surface area (Å²) in [6, 6.07) is 7.69. The number of thiazole rings is 1. The van der Waals surface area contributed by atoms with Crippen molar-refractivity contribution in [2.24, 2.45) is 0 Å². The molecule has 0 spiro atoms. The molecule has 1 aromatic heterocycles. The molecule has 0 fully saturated rings. The molecule has 0 aliphatic heterocycles. The number of sulfonamides is 1. The van der Waals surface area contributed by atoms with Crippen molar-refractivity contribution in [1.82, 2.24) is 4.98 Å². The Morgan fingerprint density at radius 1 is 1.24 bits per heavy atom. The summed E-state index contributed by atoms with van der Waals surface area (Å²) in [6.07, 6.45) is 0. The van der Waals surface area contributed by atoms with Crippen LogP contribution in [0.1, 0.15) is 32.0 Å². The largest absolute Gasteiger partial charge is 0.263 e. The molecule has 1 heterocycles. The third kappa shape index (κ3) is 3.60. The summed E-state index contributed by atoms with van der Waals surface area (Å²) in [6.45, 7) is 6.04. The zero-order valence-corrected chi connectivity index (χ0v) is 13.5. The Morgan fingerprint density at radius 2 is 1.86 bits per heavy atom. The fraction of sp³-hybridized carbons (Fsp3) is 0.286. The number of anilines is 1. The minimum Gasteiger partial charge on any atom is -0.255 e. The number of nitrogens with one attached hydrogen (secondary N) is 1. The number of benzene rings is 1. The highest BCUT2D eigenvalue weighted by atomic mass is 32.2. The highest BCUT2D eigenvalue weighted by Gasteiger charge is 2.20. The van der Waals surface area contributed by atoms with Crippen molar-refractivity contribution in [2.75, 3.05) is 4.72 Å². The Bertz CT molecular complexity index is 779. The number of hydrogen-bond acceptors (Lipinski definition) is 5. The van der Waals surface area contributed by atoms with Gasteiger partial charge in [0.15, 0.2) is 5.13 Å². The summed E-state index contributed by atoms with van der Waals surface area (Å²) >= 11 is 1.25. The lowest BCUT2D eigenvalue weighted by Crippen LogP contribution is -2.14. The van der Waals surface area contributed by atoms with Gasteiger partial charge < -0.3 is 0 Å². The molecule has 0 amide bonds. The molecule has 21 heavy (non-hydrogen) atoms. The first-order valence-electron chi connectivity index (χ1n) is 6.21. The molecule has 0 atom stereocenters. The molecule has 0 bridgehead atoms. The average molecular weight is 321 g/mol. The van der Waals surface area contributed by atoms with Crippen LogP contribution in [0.4, 0.5) is 5.13 Å². The predicted octanol–water partition coefficient (Wildman–Crippen LogP) is 3.11. The van der Waals surface area contributed by atoms with Crippen molar-refractivity contribution in [2.45, 2.75) is 31.1 Å². The maximum absolute atomic E-state index is 12.2. The van der Waals surface area contributed by atoms with Gasteiger partial charge in [0.05, 0.1) is 22.2 Å². The highest BCUT2D eigenvalue weighted by molar-refractivity contribution is 7.93. The summed E-state index contributed by atoms with van der Waals surface area (Å²) in [4.78, 5) is 4.41. The SMILES string of the molecule is CC(C)(C)c1csc(NS(=O)(=O)c2ccc(C#N)cc2)n1. The van der Waals surface area contributed by atoms with Gasteiger partial charge in [-0.25, -0.2) is 13.4 Å². The zero-order chi connectivity index (χ0) is 15.7. The molecule has 5 nitrogen and oxygen atoms in total. The molecule has 1 aromatic carbocycles. The molecule has 2 rings (SSSR count). The summed E-state index contributed by atoms with van der Waals surface area (Å²) in [5.74, 6) is 0. The van der Waals surface area contributed by atoms with Crippen LogP contribution in [0.15, 0.2) is 34.5 Å². The normalized spacial score (nSPS) is 11.9. The van der Waals surface area contributed by atoms with Crippen molar-refractivity contribution in [3.63, 3.8) is 0 Å². The molecule has 2 aromatic rings. The fourth-order valence-electron chi connectivity index (χ4n) is 1.55. The second-order valence-corrected chi connectivity index (χ2v) is 8.07. The Hall–Kier alpha value is -1.91. The van der Waals surface area contributed by atoms with E-state index in [-0.39, 0.29) is 10.3 Å². The molecule has 110 valence electrons. The van der Waals surface area contributed by atoms with Crippen LogP contribution in [-0.2, 0) is 15.4 Å². The molecule has 0 aliphatic carbocycles. The van der Waals surface area contributed by atoms with Gasteiger partial charge in [0.1, 0.15) is 0 Å². The molecule has 0 unspecified atom stereocenters. The van der Waals surface area contributed by atoms with Crippen molar-refractivity contribution >= 4 is 26.5 Å². The van der Waals surface area contributed by atoms with Crippen molar-refractivity contribution in [3.05, 3.63) is 40.9 Å². The van der Waals surface area contributed by atoms with E-state index in [0.717, 1.165) is 5.69 Å². The maximum atomic E-state index is 12.2. The van der Waals surface area contributed by atoms with E-state index in [9.17, 15) is 8.42 Å². The molecular formula is C14H15N3O2S2. The van der Waals surface area contributed by atoms with Crippen LogP contribution >= 0.6 is 11.3 Å². The molecular weight excluding hydrogens is 306 g/mol. The third-order valence-electron chi connectivity index (χ3n) is 2.79. The van der Waals surface area contributed by atoms with Gasteiger partial charge in [0.25, 0.3) is 10.0 Å². The van der Waals surface area contributed by atoms with E-state index >= 15 is 0 Å². The second kappa shape index (κ2) is 5.47. The minimum absolute atomic E-state index is 0.106. The van der Waals surface area contributed by atoms with Gasteiger partial charge in [-0.1, -0.05) is 20.8 Å². The van der Waals surface area contributed by atoms with Gasteiger partial charge in [-0.2, -0.15) is 5.26 Å². The van der Waals surface area contributed by atoms with Gasteiger partial charge in [0.2, 0.25) is 0 Å². The van der Waals surface area contributed by atoms with Crippen LogP contribution < -0.4 is 4.72 Å². The van der Waals surface area contributed by atoms with Crippen molar-refractivity contribution < 1.29 is 8.42 Å². The van der Waals surface area contributed by atoms with Crippen LogP contribution in [-0.4, -0.2) is 13.4 Å². The highest BCUT2D eigenvalue weighted by Crippen LogP contribution is 2.27. The predicted molar refractivity (Wildman–Crippen MR) is 82.8 cm³/mol. The summed E-state index contributed by atoms with van der Waals surface area (Å²) in [5, 5.41) is 10.9. The number of nitriles is 1. The third-order valence-corrected chi connectivity index (χ3v) is 5.03. The molecule has 0 saturated heterocycles. The van der Waals surface area contributed by atoms with E-state index in [2.05, 4.69) is 9.71 Å². The lowest BCUT2D eigenvalue weighted by atomic mass is 9.93. The molecule has 1 N–H and O–H groups in total. The Labute approximate surface area is 128 Å². The molecule has 0 aliphatic rings. The standard InChI is InChI=1S/C14H15N3O2S2/c1-14(2,3)12-9-20-13(16-12)17-21(18,19)11-6-4-10(8-15)5-7-11/h4-7,9H,1-3H3,(H,16,17). The average Bonchev–Trinajstić information content (AvgIpc) is 2.86. The first kappa shape index (κ1) is 15.5. The van der Waals surface area contributed by atoms with Crippen LogP contribution in [0.5, 0.6) is 0 Å². The topological polar surface area (TPSA) is 82.9 Å². The Kier molecular flexibility index (Phi) is 4.03. The summed E-state index contributed by atoms with van der Waals surface area (Å²) < 4.78 is 26.9. The Balaban J connectivity index is 2.25. The van der Waals surface area contributed by atoms with Gasteiger partial charge in [-0.15, -0.1) is 11.3 Å². The van der Waals surface area contributed by atoms with E-state index < -0.39 is 10.0 Å². The van der Waals surface area contributed by atoms with Crippen molar-refractivity contribution in [3.8, 4) is 6.07 Å². The van der Waals surface area contributed by atoms with Gasteiger partial charge in [-0.3, -0.25) is 4.72 Å². The maximum Gasteiger partial charge on any atom is 0.263 e. The van der Waals surface area contributed by atoms with E-state index in [0.29, 0.717) is 10.7 Å². The molecule has 0 radical (unpaired) electrons. The van der Waals surface area contributed by atoms with Gasteiger partial charge in [0, 0.05) is 10.8 Å². The molecule has 7 heteroatoms. The zero-order valence-electron chi connectivity index (χ0n) is 11.9. The number of nitrogens with zero attached hydrogens (tertiary/aromatic N) is 2. The Morgan fingerprint density at radius 3 is 2.33 bits per heavy atom. The summed E-state index contributed by atoms with van der Waals surface area (Å²) in [7, 11) is -3.68. The summed E-state index contributed by atoms with van der Waals surface area (Å²) in [5.41, 5.74) is 1.12. The lowest BCUT2D eigenvalue weighted by Gasteiger charge is -2.14. The smallest absolute Gasteiger partial charge is 0.255 e. The number of hydrogen-bond donors (Lipinski definition) is 1. The number of aromatic nitrogens is 1. The van der Waals surface area contributed by atoms with E-state index in [1.54, 1.807) is 0 Å². The van der Waals surface area contributed by atoms with Crippen LogP contribution in [0.25, 0.3) is 0 Å².